The molecule has 0 aliphatic carbocycles. The molecule has 0 radical (unpaired) electrons. The fraction of sp³-hybridized carbons (Fsp3) is 1.00. The van der Waals surface area contributed by atoms with Crippen molar-refractivity contribution in [2.24, 2.45) is 0 Å². The van der Waals surface area contributed by atoms with Gasteiger partial charge in [0, 0.05) is 13.1 Å². The second-order valence-electron chi connectivity index (χ2n) is 5.76. The van der Waals surface area contributed by atoms with Gasteiger partial charge in [0.2, 0.25) is 0 Å². The summed E-state index contributed by atoms with van der Waals surface area (Å²) in [6.45, 7) is 8.64. The normalized spacial score (nSPS) is 15.2. The molecule has 0 aliphatic heterocycles. The predicted molar refractivity (Wildman–Crippen MR) is 70.7 cm³/mol. The molecule has 0 spiro atoms. The summed E-state index contributed by atoms with van der Waals surface area (Å²) in [5.74, 6) is 0. The third kappa shape index (κ3) is 24.1. The molecule has 6 nitrogen and oxygen atoms in total. The molecule has 0 saturated carbocycles. The van der Waals surface area contributed by atoms with Gasteiger partial charge in [0.25, 0.3) is 0 Å². The van der Waals surface area contributed by atoms with Crippen LogP contribution in [0.25, 0.3) is 0 Å². The smallest absolute Gasteiger partial charge is 0.851 e. The van der Waals surface area contributed by atoms with Crippen molar-refractivity contribution < 1.29 is 95.9 Å². The first-order valence-corrected chi connectivity index (χ1v) is 7.28. The quantitative estimate of drug-likeness (QED) is 0.351. The molecule has 0 aromatic heterocycles. The summed E-state index contributed by atoms with van der Waals surface area (Å²) in [5, 5.41) is 45.0. The zero-order valence-electron chi connectivity index (χ0n) is 17.1. The molecule has 122 valence electrons. The van der Waals surface area contributed by atoms with Crippen LogP contribution >= 0.6 is 0 Å². The number of hydrogen-bond acceptors (Lipinski definition) is 6. The van der Waals surface area contributed by atoms with E-state index in [1.807, 2.05) is 9.80 Å². The van der Waals surface area contributed by atoms with Crippen molar-refractivity contribution in [3.63, 3.8) is 0 Å². The van der Waals surface area contributed by atoms with E-state index in [1.165, 1.54) is 0 Å². The van der Waals surface area contributed by atoms with Gasteiger partial charge in [-0.15, -0.1) is 24.4 Å². The minimum Gasteiger partial charge on any atom is -0.851 e. The second-order valence-corrected chi connectivity index (χ2v) is 5.76. The largest absolute Gasteiger partial charge is 1.00 e. The maximum atomic E-state index is 11.3. The van der Waals surface area contributed by atoms with Crippen molar-refractivity contribution in [3.05, 3.63) is 0 Å². The van der Waals surface area contributed by atoms with E-state index in [1.54, 1.807) is 27.7 Å². The Morgan fingerprint density at radius 2 is 0.667 bits per heavy atom. The van der Waals surface area contributed by atoms with Crippen LogP contribution in [0, 0.1) is 0 Å². The molecule has 0 rings (SSSR count). The third-order valence-corrected chi connectivity index (χ3v) is 2.79. The monoisotopic (exact) mass is 316 g/mol. The van der Waals surface area contributed by atoms with E-state index >= 15 is 0 Å². The zero-order chi connectivity index (χ0) is 15.7. The van der Waals surface area contributed by atoms with Crippen molar-refractivity contribution >= 4 is 0 Å². The summed E-state index contributed by atoms with van der Waals surface area (Å²) >= 11 is 0. The summed E-state index contributed by atoms with van der Waals surface area (Å²) in [6, 6.07) is 0. The van der Waals surface area contributed by atoms with Gasteiger partial charge in [-0.25, -0.2) is 0 Å². The van der Waals surface area contributed by atoms with E-state index in [9.17, 15) is 20.4 Å². The summed E-state index contributed by atoms with van der Waals surface area (Å²) in [5.41, 5.74) is 0. The van der Waals surface area contributed by atoms with Gasteiger partial charge < -0.3 is 30.2 Å². The summed E-state index contributed by atoms with van der Waals surface area (Å²) in [4.78, 5) is 3.65. The van der Waals surface area contributed by atoms with Gasteiger partial charge in [-0.2, -0.15) is 0 Å². The minimum absolute atomic E-state index is 0. The average Bonchev–Trinajstić information content (AvgIpc) is 2.22. The van der Waals surface area contributed by atoms with Crippen molar-refractivity contribution in [2.45, 2.75) is 52.1 Å². The molecule has 0 amide bonds. The van der Waals surface area contributed by atoms with Crippen molar-refractivity contribution in [2.75, 3.05) is 39.3 Å². The topological polar surface area (TPSA) is 98.7 Å². The Labute approximate surface area is 195 Å². The number of nitrogens with zero attached hydrogens (tertiary/aromatic N) is 2. The van der Waals surface area contributed by atoms with Crippen LogP contribution in [0.4, 0.5) is 0 Å². The van der Waals surface area contributed by atoms with Crippen LogP contribution < -0.4 is 95.9 Å². The Hall–Kier alpha value is 2.15. The second kappa shape index (κ2) is 21.4. The Bertz CT molecular complexity index is 207. The van der Waals surface area contributed by atoms with Gasteiger partial charge >= 0.3 is 75.4 Å². The van der Waals surface area contributed by atoms with Crippen LogP contribution in [-0.2, 0) is 0 Å². The first-order valence-electron chi connectivity index (χ1n) is 7.28. The predicted octanol–water partition coefficient (Wildman–Crippen LogP) is -15.4. The van der Waals surface area contributed by atoms with Crippen LogP contribution in [0.5, 0.6) is 0 Å². The Balaban J connectivity index is -0.000000301. The fourth-order valence-corrected chi connectivity index (χ4v) is 2.25. The van der Waals surface area contributed by atoms with Crippen LogP contribution in [0.15, 0.2) is 0 Å². The first kappa shape index (κ1) is 37.0. The molecule has 0 aromatic carbocycles. The van der Waals surface area contributed by atoms with Crippen LogP contribution in [0.2, 0.25) is 0 Å². The molecule has 4 atom stereocenters. The molecule has 0 N–H and O–H groups in total. The molecule has 0 saturated heterocycles. The summed E-state index contributed by atoms with van der Waals surface area (Å²) < 4.78 is 0. The molecule has 0 aromatic rings. The van der Waals surface area contributed by atoms with Crippen molar-refractivity contribution in [1.82, 2.24) is 9.80 Å². The van der Waals surface area contributed by atoms with Gasteiger partial charge in [-0.05, 0) is 26.2 Å². The molecule has 4 unspecified atom stereocenters. The Morgan fingerprint density at radius 3 is 0.792 bits per heavy atom. The maximum Gasteiger partial charge on any atom is 1.00 e. The Kier molecular flexibility index (Phi) is 33.0. The molecule has 0 bridgehead atoms. The molecule has 0 aliphatic rings. The maximum absolute atomic E-state index is 11.3. The van der Waals surface area contributed by atoms with Gasteiger partial charge in [0.05, 0.1) is 0 Å². The molecule has 0 fully saturated rings. The van der Waals surface area contributed by atoms with Gasteiger partial charge in [-0.3, -0.25) is 0 Å². The summed E-state index contributed by atoms with van der Waals surface area (Å²) in [6.07, 6.45) is -3.00. The molecule has 10 heteroatoms. The standard InChI is InChI=1S/C14H28N2O4.4Li/c1-11(17)7-15(8-12(2)18)5-6-16(9-13(3)19)10-14(4)20;;;;/h11-14H,5-10H2,1-4H3;;;;/q-4;4*+1. The first-order chi connectivity index (χ1) is 9.20. The SMILES string of the molecule is CC([O-])CN(CCN(CC(C)[O-])CC(C)[O-])CC(C)[O-].[Li+].[Li+].[Li+].[Li+]. The van der Waals surface area contributed by atoms with E-state index in [4.69, 9.17) is 0 Å². The van der Waals surface area contributed by atoms with Gasteiger partial charge in [0.15, 0.2) is 0 Å². The van der Waals surface area contributed by atoms with Crippen LogP contribution in [0.3, 0.4) is 0 Å². The van der Waals surface area contributed by atoms with E-state index < -0.39 is 24.4 Å². The summed E-state index contributed by atoms with van der Waals surface area (Å²) in [7, 11) is 0. The molecule has 24 heavy (non-hydrogen) atoms. The van der Waals surface area contributed by atoms with Crippen LogP contribution in [-0.4, -0.2) is 73.5 Å². The van der Waals surface area contributed by atoms with Gasteiger partial charge in [0.1, 0.15) is 0 Å². The number of hydrogen-bond donors (Lipinski definition) is 0. The Morgan fingerprint density at radius 1 is 0.500 bits per heavy atom. The molecular weight excluding hydrogens is 288 g/mol. The molecular formula is C14H28Li4N2O4. The zero-order valence-corrected chi connectivity index (χ0v) is 17.1. The molecule has 0 heterocycles. The van der Waals surface area contributed by atoms with E-state index in [2.05, 4.69) is 0 Å². The fourth-order valence-electron chi connectivity index (χ4n) is 2.25. The van der Waals surface area contributed by atoms with Crippen LogP contribution in [0.1, 0.15) is 27.7 Å². The van der Waals surface area contributed by atoms with Crippen molar-refractivity contribution in [3.8, 4) is 0 Å². The van der Waals surface area contributed by atoms with E-state index in [-0.39, 0.29) is 75.4 Å². The van der Waals surface area contributed by atoms with E-state index in [0.717, 1.165) is 0 Å². The number of rotatable bonds is 11. The van der Waals surface area contributed by atoms with Gasteiger partial charge in [-0.1, -0.05) is 27.7 Å². The third-order valence-electron chi connectivity index (χ3n) is 2.79. The van der Waals surface area contributed by atoms with E-state index in [0.29, 0.717) is 39.3 Å². The van der Waals surface area contributed by atoms with Crippen molar-refractivity contribution in [1.29, 1.82) is 0 Å². The average molecular weight is 316 g/mol. The minimum atomic E-state index is -0.751.